The quantitative estimate of drug-likeness (QED) is 0.697. The molecule has 3 unspecified atom stereocenters. The van der Waals surface area contributed by atoms with Gasteiger partial charge in [-0.2, -0.15) is 0 Å². The van der Waals surface area contributed by atoms with E-state index in [1.165, 1.54) is 20.0 Å². The standard InChI is InChI=1S/C13H24N2O3/c1-9-12(6-7-18-9)15(2)8-11(13(16)17-3)14-10-4-5-10/h9-12,14H,4-8H2,1-3H3. The van der Waals surface area contributed by atoms with Crippen molar-refractivity contribution in [3.05, 3.63) is 0 Å². The van der Waals surface area contributed by atoms with Gasteiger partial charge in [-0.05, 0) is 33.2 Å². The summed E-state index contributed by atoms with van der Waals surface area (Å²) in [4.78, 5) is 14.0. The highest BCUT2D eigenvalue weighted by Crippen LogP contribution is 2.21. The Balaban J connectivity index is 1.87. The molecular formula is C13H24N2O3. The average molecular weight is 256 g/mol. The van der Waals surface area contributed by atoms with E-state index in [4.69, 9.17) is 9.47 Å². The van der Waals surface area contributed by atoms with Crippen LogP contribution in [0.1, 0.15) is 26.2 Å². The van der Waals surface area contributed by atoms with Crippen LogP contribution in [0.15, 0.2) is 0 Å². The van der Waals surface area contributed by atoms with Crippen LogP contribution in [-0.2, 0) is 14.3 Å². The highest BCUT2D eigenvalue weighted by molar-refractivity contribution is 5.76. The molecule has 1 saturated carbocycles. The lowest BCUT2D eigenvalue weighted by Gasteiger charge is -2.29. The number of likely N-dealkylation sites (N-methyl/N-ethyl adjacent to an activating group) is 1. The predicted molar refractivity (Wildman–Crippen MR) is 68.4 cm³/mol. The number of hydrogen-bond donors (Lipinski definition) is 1. The first-order valence-electron chi connectivity index (χ1n) is 6.77. The summed E-state index contributed by atoms with van der Waals surface area (Å²) in [7, 11) is 3.51. The van der Waals surface area contributed by atoms with Gasteiger partial charge in [-0.15, -0.1) is 0 Å². The minimum absolute atomic E-state index is 0.166. The molecule has 104 valence electrons. The minimum atomic E-state index is -0.222. The number of ether oxygens (including phenoxy) is 2. The van der Waals surface area contributed by atoms with Crippen molar-refractivity contribution >= 4 is 5.97 Å². The van der Waals surface area contributed by atoms with E-state index in [9.17, 15) is 4.79 Å². The number of nitrogens with one attached hydrogen (secondary N) is 1. The largest absolute Gasteiger partial charge is 0.468 e. The molecule has 0 radical (unpaired) electrons. The van der Waals surface area contributed by atoms with Crippen molar-refractivity contribution in [3.63, 3.8) is 0 Å². The molecule has 1 N–H and O–H groups in total. The molecule has 2 fully saturated rings. The lowest BCUT2D eigenvalue weighted by molar-refractivity contribution is -0.143. The maximum atomic E-state index is 11.8. The molecule has 2 aliphatic rings. The molecule has 1 heterocycles. The van der Waals surface area contributed by atoms with Crippen molar-refractivity contribution in [3.8, 4) is 0 Å². The van der Waals surface area contributed by atoms with Crippen LogP contribution in [0.2, 0.25) is 0 Å². The maximum Gasteiger partial charge on any atom is 0.324 e. The van der Waals surface area contributed by atoms with Crippen molar-refractivity contribution in [2.24, 2.45) is 0 Å². The zero-order chi connectivity index (χ0) is 13.1. The second-order valence-corrected chi connectivity index (χ2v) is 5.39. The number of carbonyl (C=O) groups is 1. The van der Waals surface area contributed by atoms with Gasteiger partial charge in [0.2, 0.25) is 0 Å². The Bertz CT molecular complexity index is 294. The second-order valence-electron chi connectivity index (χ2n) is 5.39. The number of nitrogens with zero attached hydrogens (tertiary/aromatic N) is 1. The van der Waals surface area contributed by atoms with Gasteiger partial charge >= 0.3 is 5.97 Å². The van der Waals surface area contributed by atoms with Crippen LogP contribution in [-0.4, -0.2) is 62.4 Å². The summed E-state index contributed by atoms with van der Waals surface area (Å²) < 4.78 is 10.4. The fraction of sp³-hybridized carbons (Fsp3) is 0.923. The zero-order valence-corrected chi connectivity index (χ0v) is 11.5. The lowest BCUT2D eigenvalue weighted by atomic mass is 10.1. The van der Waals surface area contributed by atoms with Crippen molar-refractivity contribution in [2.45, 2.75) is 50.4 Å². The summed E-state index contributed by atoms with van der Waals surface area (Å²) in [6.07, 6.45) is 3.61. The van der Waals surface area contributed by atoms with Gasteiger partial charge in [-0.25, -0.2) is 0 Å². The third kappa shape index (κ3) is 3.43. The van der Waals surface area contributed by atoms with E-state index in [-0.39, 0.29) is 18.1 Å². The monoisotopic (exact) mass is 256 g/mol. The SMILES string of the molecule is COC(=O)C(CN(C)C1CCOC1C)NC1CC1. The Labute approximate surface area is 109 Å². The van der Waals surface area contributed by atoms with Gasteiger partial charge in [-0.3, -0.25) is 9.69 Å². The van der Waals surface area contributed by atoms with Crippen LogP contribution in [0.25, 0.3) is 0 Å². The van der Waals surface area contributed by atoms with Gasteiger partial charge < -0.3 is 14.8 Å². The number of methoxy groups -OCH3 is 1. The smallest absolute Gasteiger partial charge is 0.324 e. The molecule has 3 atom stereocenters. The third-order valence-electron chi connectivity index (χ3n) is 3.87. The van der Waals surface area contributed by atoms with Crippen molar-refractivity contribution in [2.75, 3.05) is 27.3 Å². The molecule has 5 heteroatoms. The summed E-state index contributed by atoms with van der Waals surface area (Å²) in [6, 6.07) is 0.679. The molecule has 0 aromatic heterocycles. The van der Waals surface area contributed by atoms with E-state index in [1.54, 1.807) is 0 Å². The number of carbonyl (C=O) groups excluding carboxylic acids is 1. The Morgan fingerprint density at radius 1 is 1.50 bits per heavy atom. The molecule has 18 heavy (non-hydrogen) atoms. The molecule has 0 amide bonds. The molecular weight excluding hydrogens is 232 g/mol. The molecule has 2 rings (SSSR count). The minimum Gasteiger partial charge on any atom is -0.468 e. The number of hydrogen-bond acceptors (Lipinski definition) is 5. The first kappa shape index (κ1) is 13.8. The van der Waals surface area contributed by atoms with Gasteiger partial charge in [0, 0.05) is 25.2 Å². The van der Waals surface area contributed by atoms with Gasteiger partial charge in [0.15, 0.2) is 0 Å². The second kappa shape index (κ2) is 5.99. The van der Waals surface area contributed by atoms with Crippen LogP contribution in [0.4, 0.5) is 0 Å². The van der Waals surface area contributed by atoms with Crippen LogP contribution in [0.3, 0.4) is 0 Å². The average Bonchev–Trinajstić information content (AvgIpc) is 3.07. The van der Waals surface area contributed by atoms with Gasteiger partial charge in [0.25, 0.3) is 0 Å². The summed E-state index contributed by atoms with van der Waals surface area (Å²) in [5.74, 6) is -0.166. The van der Waals surface area contributed by atoms with Crippen LogP contribution >= 0.6 is 0 Å². The molecule has 0 aromatic carbocycles. The number of rotatable bonds is 6. The summed E-state index contributed by atoms with van der Waals surface area (Å²) in [6.45, 7) is 3.59. The van der Waals surface area contributed by atoms with Crippen molar-refractivity contribution < 1.29 is 14.3 Å². The van der Waals surface area contributed by atoms with Gasteiger partial charge in [0.1, 0.15) is 6.04 Å². The van der Waals surface area contributed by atoms with Crippen molar-refractivity contribution in [1.29, 1.82) is 0 Å². The van der Waals surface area contributed by atoms with Crippen LogP contribution in [0.5, 0.6) is 0 Å². The van der Waals surface area contributed by atoms with E-state index in [2.05, 4.69) is 24.2 Å². The van der Waals surface area contributed by atoms with E-state index >= 15 is 0 Å². The Morgan fingerprint density at radius 2 is 2.22 bits per heavy atom. The first-order valence-corrected chi connectivity index (χ1v) is 6.77. The first-order chi connectivity index (χ1) is 8.61. The van der Waals surface area contributed by atoms with Gasteiger partial charge in [-0.1, -0.05) is 0 Å². The van der Waals surface area contributed by atoms with Crippen molar-refractivity contribution in [1.82, 2.24) is 10.2 Å². The molecule has 0 spiro atoms. The van der Waals surface area contributed by atoms with Gasteiger partial charge in [0.05, 0.1) is 13.2 Å². The fourth-order valence-electron chi connectivity index (χ4n) is 2.59. The highest BCUT2D eigenvalue weighted by atomic mass is 16.5. The van der Waals surface area contributed by atoms with E-state index < -0.39 is 0 Å². The molecule has 1 aliphatic carbocycles. The molecule has 1 aliphatic heterocycles. The maximum absolute atomic E-state index is 11.8. The van der Waals surface area contributed by atoms with E-state index in [0.717, 1.165) is 13.0 Å². The highest BCUT2D eigenvalue weighted by Gasteiger charge is 2.33. The van der Waals surface area contributed by atoms with Crippen LogP contribution < -0.4 is 5.32 Å². The van der Waals surface area contributed by atoms with E-state index in [1.807, 2.05) is 0 Å². The molecule has 0 bridgehead atoms. The predicted octanol–water partition coefficient (Wildman–Crippen LogP) is 0.389. The summed E-state index contributed by atoms with van der Waals surface area (Å²) in [5, 5.41) is 3.35. The van der Waals surface area contributed by atoms with E-state index in [0.29, 0.717) is 18.6 Å². The normalized spacial score (nSPS) is 29.6. The summed E-state index contributed by atoms with van der Waals surface area (Å²) >= 11 is 0. The zero-order valence-electron chi connectivity index (χ0n) is 11.5. The van der Waals surface area contributed by atoms with Crippen LogP contribution in [0, 0.1) is 0 Å². The molecule has 1 saturated heterocycles. The molecule has 0 aromatic rings. The Morgan fingerprint density at radius 3 is 2.72 bits per heavy atom. The topological polar surface area (TPSA) is 50.8 Å². The summed E-state index contributed by atoms with van der Waals surface area (Å²) in [5.41, 5.74) is 0. The number of esters is 1. The Hall–Kier alpha value is -0.650. The lowest BCUT2D eigenvalue weighted by Crippen LogP contribution is -2.50. The molecule has 5 nitrogen and oxygen atoms in total. The Kier molecular flexibility index (Phi) is 4.59. The fourth-order valence-corrected chi connectivity index (χ4v) is 2.59. The third-order valence-corrected chi connectivity index (χ3v) is 3.87.